The van der Waals surface area contributed by atoms with Gasteiger partial charge in [-0.3, -0.25) is 4.84 Å². The first-order valence-electron chi connectivity index (χ1n) is 10.9. The van der Waals surface area contributed by atoms with Crippen LogP contribution in [-0.4, -0.2) is 53.4 Å². The Hall–Kier alpha value is -3.43. The second-order valence-electron chi connectivity index (χ2n) is 7.91. The number of hydrogen-bond acceptors (Lipinski definition) is 7. The molecule has 1 aliphatic rings. The zero-order chi connectivity index (χ0) is 22.8. The van der Waals surface area contributed by atoms with Crippen LogP contribution >= 0.6 is 0 Å². The molecule has 1 saturated heterocycles. The highest BCUT2D eigenvalue weighted by Crippen LogP contribution is 2.37. The molecule has 1 fully saturated rings. The lowest BCUT2D eigenvalue weighted by molar-refractivity contribution is -0.148. The highest BCUT2D eigenvalue weighted by atomic mass is 19.1. The number of aromatic amines is 1. The molecule has 0 saturated carbocycles. The normalized spacial score (nSPS) is 14.3. The molecule has 172 valence electrons. The van der Waals surface area contributed by atoms with Crippen molar-refractivity contribution < 1.29 is 23.4 Å². The van der Waals surface area contributed by atoms with Gasteiger partial charge in [0.25, 0.3) is 0 Å². The monoisotopic (exact) mass is 452 g/mol. The van der Waals surface area contributed by atoms with Crippen LogP contribution in [0.3, 0.4) is 0 Å². The minimum absolute atomic E-state index is 0.0832. The lowest BCUT2D eigenvalue weighted by Crippen LogP contribution is -2.22. The number of nitrogens with zero attached hydrogens (tertiary/aromatic N) is 3. The Morgan fingerprint density at radius 1 is 1.00 bits per heavy atom. The van der Waals surface area contributed by atoms with E-state index in [2.05, 4.69) is 15.0 Å². The maximum Gasteiger partial charge on any atom is 0.230 e. The number of fused-ring (bicyclic) bond motifs is 2. The average molecular weight is 452 g/mol. The number of aromatic nitrogens is 3. The van der Waals surface area contributed by atoms with Crippen molar-refractivity contribution >= 4 is 21.8 Å². The van der Waals surface area contributed by atoms with Gasteiger partial charge in [0.05, 0.1) is 18.0 Å². The third kappa shape index (κ3) is 4.42. The second-order valence-corrected chi connectivity index (χ2v) is 7.91. The largest absolute Gasteiger partial charge is 0.493 e. The minimum Gasteiger partial charge on any atom is -0.493 e. The fraction of sp³-hybridized carbons (Fsp3) is 0.333. The van der Waals surface area contributed by atoms with E-state index in [4.69, 9.17) is 19.0 Å². The van der Waals surface area contributed by atoms with Gasteiger partial charge in [0.1, 0.15) is 19.5 Å². The molecule has 0 radical (unpaired) electrons. The molecule has 0 aliphatic carbocycles. The van der Waals surface area contributed by atoms with Crippen molar-refractivity contribution in [2.24, 2.45) is 0 Å². The lowest BCUT2D eigenvalue weighted by atomic mass is 10.2. The highest BCUT2D eigenvalue weighted by Gasteiger charge is 2.17. The van der Waals surface area contributed by atoms with E-state index in [0.717, 1.165) is 31.6 Å². The van der Waals surface area contributed by atoms with Gasteiger partial charge in [-0.1, -0.05) is 0 Å². The van der Waals surface area contributed by atoms with E-state index in [1.165, 1.54) is 6.33 Å². The Kier molecular flexibility index (Phi) is 5.97. The van der Waals surface area contributed by atoms with Crippen LogP contribution in [-0.2, 0) is 4.84 Å². The molecule has 33 heavy (non-hydrogen) atoms. The number of methoxy groups -OCH3 is 1. The van der Waals surface area contributed by atoms with Gasteiger partial charge in [-0.2, -0.15) is 5.06 Å². The number of nitrogens with one attached hydrogen (secondary N) is 1. The predicted molar refractivity (Wildman–Crippen MR) is 121 cm³/mol. The van der Waals surface area contributed by atoms with Crippen molar-refractivity contribution in [2.75, 3.05) is 33.4 Å². The number of hydrogen-bond donors (Lipinski definition) is 1. The summed E-state index contributed by atoms with van der Waals surface area (Å²) in [7, 11) is 1.56. The maximum absolute atomic E-state index is 15.0. The van der Waals surface area contributed by atoms with E-state index in [9.17, 15) is 0 Å². The van der Waals surface area contributed by atoms with E-state index < -0.39 is 5.82 Å². The number of halogens is 1. The summed E-state index contributed by atoms with van der Waals surface area (Å²) in [5.41, 5.74) is 2.17. The molecule has 0 spiro atoms. The smallest absolute Gasteiger partial charge is 0.230 e. The van der Waals surface area contributed by atoms with Crippen LogP contribution in [0.5, 0.6) is 23.1 Å². The van der Waals surface area contributed by atoms with Gasteiger partial charge < -0.3 is 19.2 Å². The van der Waals surface area contributed by atoms with Crippen LogP contribution in [0.25, 0.3) is 21.8 Å². The van der Waals surface area contributed by atoms with Crippen molar-refractivity contribution in [1.29, 1.82) is 0 Å². The average Bonchev–Trinajstić information content (AvgIpc) is 3.47. The third-order valence-corrected chi connectivity index (χ3v) is 5.61. The van der Waals surface area contributed by atoms with Crippen molar-refractivity contribution in [2.45, 2.75) is 19.8 Å². The van der Waals surface area contributed by atoms with Gasteiger partial charge in [-0.25, -0.2) is 14.4 Å². The van der Waals surface area contributed by atoms with Crippen molar-refractivity contribution in [3.63, 3.8) is 0 Å². The first-order valence-corrected chi connectivity index (χ1v) is 10.9. The number of rotatable bonds is 8. The Bertz CT molecular complexity index is 1290. The van der Waals surface area contributed by atoms with E-state index in [1.54, 1.807) is 37.4 Å². The number of aryl methyl sites for hydroxylation is 1. The summed E-state index contributed by atoms with van der Waals surface area (Å²) >= 11 is 0. The first kappa shape index (κ1) is 21.4. The summed E-state index contributed by atoms with van der Waals surface area (Å²) in [6.07, 6.45) is 3.69. The molecule has 3 heterocycles. The maximum atomic E-state index is 15.0. The first-order chi connectivity index (χ1) is 16.1. The molecule has 4 aromatic rings. The van der Waals surface area contributed by atoms with E-state index in [0.29, 0.717) is 46.5 Å². The highest BCUT2D eigenvalue weighted by molar-refractivity contribution is 5.87. The molecule has 5 rings (SSSR count). The Morgan fingerprint density at radius 3 is 2.67 bits per heavy atom. The molecule has 1 N–H and O–H groups in total. The van der Waals surface area contributed by atoms with Crippen molar-refractivity contribution in [1.82, 2.24) is 20.0 Å². The predicted octanol–water partition coefficient (Wildman–Crippen LogP) is 4.77. The topological polar surface area (TPSA) is 81.7 Å². The molecular weight excluding hydrogens is 427 g/mol. The third-order valence-electron chi connectivity index (χ3n) is 5.61. The van der Waals surface area contributed by atoms with Crippen LogP contribution in [0.15, 0.2) is 36.7 Å². The Labute approximate surface area is 190 Å². The number of H-pyrrole nitrogens is 1. The molecule has 0 amide bonds. The van der Waals surface area contributed by atoms with Crippen LogP contribution in [0.2, 0.25) is 0 Å². The summed E-state index contributed by atoms with van der Waals surface area (Å²) in [4.78, 5) is 17.4. The quantitative estimate of drug-likeness (QED) is 0.386. The number of hydroxylamine groups is 2. The number of ether oxygens (including phenoxy) is 3. The fourth-order valence-corrected chi connectivity index (χ4v) is 4.00. The molecule has 0 unspecified atom stereocenters. The Morgan fingerprint density at radius 2 is 1.85 bits per heavy atom. The summed E-state index contributed by atoms with van der Waals surface area (Å²) in [6, 6.07) is 8.60. The lowest BCUT2D eigenvalue weighted by Gasteiger charge is -2.16. The van der Waals surface area contributed by atoms with Crippen molar-refractivity contribution in [3.8, 4) is 23.1 Å². The molecule has 0 atom stereocenters. The van der Waals surface area contributed by atoms with Gasteiger partial charge in [0.2, 0.25) is 5.88 Å². The zero-order valence-corrected chi connectivity index (χ0v) is 18.6. The molecular formula is C24H25FN4O4. The molecule has 9 heteroatoms. The van der Waals surface area contributed by atoms with Crippen LogP contribution in [0.4, 0.5) is 4.39 Å². The molecule has 8 nitrogen and oxygen atoms in total. The molecule has 2 aromatic heterocycles. The Balaban J connectivity index is 1.38. The second kappa shape index (κ2) is 9.21. The fourth-order valence-electron chi connectivity index (χ4n) is 4.00. The van der Waals surface area contributed by atoms with Gasteiger partial charge in [-0.15, -0.1) is 0 Å². The number of benzene rings is 2. The molecule has 0 bridgehead atoms. The summed E-state index contributed by atoms with van der Waals surface area (Å²) < 4.78 is 32.3. The van der Waals surface area contributed by atoms with Crippen molar-refractivity contribution in [3.05, 3.63) is 48.2 Å². The minimum atomic E-state index is -0.450. The molecule has 2 aromatic carbocycles. The molecule has 1 aliphatic heterocycles. The van der Waals surface area contributed by atoms with Gasteiger partial charge in [-0.05, 0) is 44.0 Å². The van der Waals surface area contributed by atoms with Gasteiger partial charge >= 0.3 is 0 Å². The van der Waals surface area contributed by atoms with Crippen LogP contribution in [0, 0.1) is 12.7 Å². The van der Waals surface area contributed by atoms with E-state index >= 15 is 4.39 Å². The zero-order valence-electron chi connectivity index (χ0n) is 18.6. The van der Waals surface area contributed by atoms with Crippen LogP contribution in [0.1, 0.15) is 18.5 Å². The summed E-state index contributed by atoms with van der Waals surface area (Å²) in [5.74, 6) is 0.900. The van der Waals surface area contributed by atoms with E-state index in [-0.39, 0.29) is 11.6 Å². The van der Waals surface area contributed by atoms with Crippen LogP contribution < -0.4 is 14.2 Å². The summed E-state index contributed by atoms with van der Waals surface area (Å²) in [5, 5.41) is 3.01. The van der Waals surface area contributed by atoms with E-state index in [1.807, 2.05) is 12.0 Å². The van der Waals surface area contributed by atoms with Gasteiger partial charge in [0, 0.05) is 35.8 Å². The standard InChI is InChI=1S/C24H25FN4O4/c1-15-11-16-18(28-15)5-6-20(23(16)25)33-24-17-12-21(30-2)22(13-19(17)26-14-27-24)31-9-10-32-29-7-3-4-8-29/h5-6,11-14,28H,3-4,7-10H2,1-2H3. The van der Waals surface area contributed by atoms with Gasteiger partial charge in [0.15, 0.2) is 23.1 Å². The summed E-state index contributed by atoms with van der Waals surface area (Å²) in [6.45, 7) is 4.60. The SMILES string of the molecule is COc1cc2c(Oc3ccc4[nH]c(C)cc4c3F)ncnc2cc1OCCON1CCCC1.